The maximum absolute atomic E-state index is 13.1. The zero-order chi connectivity index (χ0) is 29.4. The number of alkyl halides is 1. The van der Waals surface area contributed by atoms with Gasteiger partial charge in [-0.3, -0.25) is 14.5 Å². The molecule has 0 fully saturated rings. The molecule has 1 aromatic heterocycles. The monoisotopic (exact) mass is 590 g/mol. The number of pyridine rings is 1. The Hall–Kier alpha value is -4.24. The van der Waals surface area contributed by atoms with Crippen LogP contribution in [-0.4, -0.2) is 41.8 Å². The predicted octanol–water partition coefficient (Wildman–Crippen LogP) is 6.40. The molecule has 2 amide bonds. The van der Waals surface area contributed by atoms with Crippen LogP contribution < -0.4 is 10.6 Å². The number of aromatic nitrogens is 1. The highest BCUT2D eigenvalue weighted by Gasteiger charge is 2.18. The number of hydrogen-bond acceptors (Lipinski definition) is 6. The Labute approximate surface area is 248 Å². The molecule has 0 spiro atoms. The number of nitrogens with one attached hydrogen (secondary N) is 2. The van der Waals surface area contributed by atoms with Crippen molar-refractivity contribution in [3.8, 4) is 0 Å². The summed E-state index contributed by atoms with van der Waals surface area (Å²) in [7, 11) is 3.35. The minimum absolute atomic E-state index is 0.0126. The fourth-order valence-corrected chi connectivity index (χ4v) is 4.44. The molecule has 0 saturated heterocycles. The van der Waals surface area contributed by atoms with Gasteiger partial charge in [0.2, 0.25) is 0 Å². The lowest BCUT2D eigenvalue weighted by Gasteiger charge is -2.17. The standard InChI is InChI=1S/C31H28Cl2N4O4/c1-37(18-20-6-10-23(11-7-20)31(40)41-2)19-21-8-12-25(13-9-21)34-30(39)28-26(14-15-27(33)36-28)35-29(38)24-5-3-4-22(16-24)17-32/h3-16H,17-19H2,1-2H3,(H,34,39)(H,35,38). The van der Waals surface area contributed by atoms with Gasteiger partial charge in [-0.25, -0.2) is 9.78 Å². The second-order valence-electron chi connectivity index (χ2n) is 9.33. The topological polar surface area (TPSA) is 101 Å². The van der Waals surface area contributed by atoms with E-state index in [0.717, 1.165) is 16.7 Å². The maximum Gasteiger partial charge on any atom is 0.337 e. The van der Waals surface area contributed by atoms with E-state index in [2.05, 4.69) is 20.5 Å². The molecule has 0 saturated carbocycles. The summed E-state index contributed by atoms with van der Waals surface area (Å²) in [4.78, 5) is 43.9. The highest BCUT2D eigenvalue weighted by molar-refractivity contribution is 6.29. The average molecular weight is 591 g/mol. The van der Waals surface area contributed by atoms with Crippen LogP contribution in [0.25, 0.3) is 0 Å². The second-order valence-corrected chi connectivity index (χ2v) is 9.98. The third-order valence-corrected chi connectivity index (χ3v) is 6.68. The Kier molecular flexibility index (Phi) is 10.1. The van der Waals surface area contributed by atoms with Gasteiger partial charge in [0.05, 0.1) is 18.4 Å². The lowest BCUT2D eigenvalue weighted by molar-refractivity contribution is 0.0600. The number of anilines is 2. The fraction of sp³-hybridized carbons (Fsp3) is 0.161. The molecule has 4 aromatic rings. The van der Waals surface area contributed by atoms with E-state index in [-0.39, 0.29) is 28.4 Å². The summed E-state index contributed by atoms with van der Waals surface area (Å²) in [6.45, 7) is 1.36. The third-order valence-electron chi connectivity index (χ3n) is 6.16. The van der Waals surface area contributed by atoms with Crippen LogP contribution in [0.5, 0.6) is 0 Å². The summed E-state index contributed by atoms with van der Waals surface area (Å²) in [5.74, 6) is -1.00. The highest BCUT2D eigenvalue weighted by Crippen LogP contribution is 2.21. The first-order valence-electron chi connectivity index (χ1n) is 12.6. The Morgan fingerprint density at radius 1 is 0.805 bits per heavy atom. The molecule has 3 aromatic carbocycles. The summed E-state index contributed by atoms with van der Waals surface area (Å²) in [6.07, 6.45) is 0. The fourth-order valence-electron chi connectivity index (χ4n) is 4.13. The first-order valence-corrected chi connectivity index (χ1v) is 13.6. The second kappa shape index (κ2) is 13.9. The van der Waals surface area contributed by atoms with E-state index >= 15 is 0 Å². The lowest BCUT2D eigenvalue weighted by Crippen LogP contribution is -2.20. The molecular weight excluding hydrogens is 563 g/mol. The lowest BCUT2D eigenvalue weighted by atomic mass is 10.1. The van der Waals surface area contributed by atoms with E-state index in [1.54, 1.807) is 42.5 Å². The van der Waals surface area contributed by atoms with Crippen LogP contribution >= 0.6 is 23.2 Å². The van der Waals surface area contributed by atoms with Gasteiger partial charge in [0.1, 0.15) is 5.15 Å². The predicted molar refractivity (Wildman–Crippen MR) is 161 cm³/mol. The van der Waals surface area contributed by atoms with Crippen molar-refractivity contribution in [2.24, 2.45) is 0 Å². The highest BCUT2D eigenvalue weighted by atomic mass is 35.5. The van der Waals surface area contributed by atoms with E-state index in [0.29, 0.717) is 29.9 Å². The first kappa shape index (κ1) is 29.7. The first-order chi connectivity index (χ1) is 19.7. The van der Waals surface area contributed by atoms with E-state index in [1.165, 1.54) is 19.2 Å². The van der Waals surface area contributed by atoms with Gasteiger partial charge < -0.3 is 15.4 Å². The molecule has 0 unspecified atom stereocenters. The number of esters is 1. The van der Waals surface area contributed by atoms with E-state index in [1.807, 2.05) is 37.4 Å². The summed E-state index contributed by atoms with van der Waals surface area (Å²) in [5.41, 5.74) is 4.60. The molecule has 41 heavy (non-hydrogen) atoms. The Morgan fingerprint density at radius 3 is 2.10 bits per heavy atom. The summed E-state index contributed by atoms with van der Waals surface area (Å²) in [5, 5.41) is 5.68. The van der Waals surface area contributed by atoms with Crippen LogP contribution in [0.1, 0.15) is 47.9 Å². The number of rotatable bonds is 10. The number of halogens is 2. The van der Waals surface area contributed by atoms with E-state index in [9.17, 15) is 14.4 Å². The van der Waals surface area contributed by atoms with Gasteiger partial charge in [0, 0.05) is 30.2 Å². The number of nitrogens with zero attached hydrogens (tertiary/aromatic N) is 2. The van der Waals surface area contributed by atoms with Crippen LogP contribution in [-0.2, 0) is 23.7 Å². The van der Waals surface area contributed by atoms with Crippen molar-refractivity contribution in [1.82, 2.24) is 9.88 Å². The van der Waals surface area contributed by atoms with Crippen molar-refractivity contribution in [3.63, 3.8) is 0 Å². The van der Waals surface area contributed by atoms with Crippen molar-refractivity contribution in [2.45, 2.75) is 19.0 Å². The number of methoxy groups -OCH3 is 1. The molecule has 10 heteroatoms. The molecule has 0 aliphatic heterocycles. The van der Waals surface area contributed by atoms with Gasteiger partial charge in [-0.15, -0.1) is 11.6 Å². The van der Waals surface area contributed by atoms with Gasteiger partial charge >= 0.3 is 5.97 Å². The Balaban J connectivity index is 1.38. The van der Waals surface area contributed by atoms with Crippen LogP contribution in [0.15, 0.2) is 84.9 Å². The molecule has 0 aliphatic rings. The van der Waals surface area contributed by atoms with Crippen molar-refractivity contribution in [3.05, 3.63) is 124 Å². The molecule has 0 radical (unpaired) electrons. The van der Waals surface area contributed by atoms with Crippen LogP contribution in [0.3, 0.4) is 0 Å². The normalized spacial score (nSPS) is 10.8. The number of ether oxygens (including phenoxy) is 1. The summed E-state index contributed by atoms with van der Waals surface area (Å²) >= 11 is 12.0. The number of hydrogen-bond donors (Lipinski definition) is 2. The number of carbonyl (C=O) groups is 3. The zero-order valence-electron chi connectivity index (χ0n) is 22.5. The molecular formula is C31H28Cl2N4O4. The van der Waals surface area contributed by atoms with E-state index < -0.39 is 11.8 Å². The van der Waals surface area contributed by atoms with Crippen LogP contribution in [0.4, 0.5) is 11.4 Å². The van der Waals surface area contributed by atoms with Gasteiger partial charge in [0.15, 0.2) is 5.69 Å². The van der Waals surface area contributed by atoms with Crippen molar-refractivity contribution in [1.29, 1.82) is 0 Å². The number of carbonyl (C=O) groups excluding carboxylic acids is 3. The molecule has 8 nitrogen and oxygen atoms in total. The Morgan fingerprint density at radius 2 is 1.46 bits per heavy atom. The Bertz CT molecular complexity index is 1540. The van der Waals surface area contributed by atoms with Crippen LogP contribution in [0, 0.1) is 0 Å². The zero-order valence-corrected chi connectivity index (χ0v) is 24.0. The van der Waals surface area contributed by atoms with Gasteiger partial charge in [0.25, 0.3) is 11.8 Å². The molecule has 0 aliphatic carbocycles. The quantitative estimate of drug-likeness (QED) is 0.126. The summed E-state index contributed by atoms with van der Waals surface area (Å²) in [6, 6.07) is 24.7. The largest absolute Gasteiger partial charge is 0.465 e. The van der Waals surface area contributed by atoms with Crippen molar-refractivity contribution < 1.29 is 19.1 Å². The minimum Gasteiger partial charge on any atom is -0.465 e. The SMILES string of the molecule is COC(=O)c1ccc(CN(C)Cc2ccc(NC(=O)c3nc(Cl)ccc3NC(=O)c3cccc(CCl)c3)cc2)cc1. The van der Waals surface area contributed by atoms with Crippen LogP contribution in [0.2, 0.25) is 5.15 Å². The number of amides is 2. The maximum atomic E-state index is 13.1. The van der Waals surface area contributed by atoms with Gasteiger partial charge in [-0.1, -0.05) is 48.0 Å². The smallest absolute Gasteiger partial charge is 0.337 e. The minimum atomic E-state index is -0.516. The molecule has 0 atom stereocenters. The molecule has 0 bridgehead atoms. The van der Waals surface area contributed by atoms with Crippen molar-refractivity contribution >= 4 is 52.4 Å². The third kappa shape index (κ3) is 8.14. The molecule has 4 rings (SSSR count). The molecule has 1 heterocycles. The average Bonchev–Trinajstić information content (AvgIpc) is 2.99. The van der Waals surface area contributed by atoms with Gasteiger partial charge in [-0.05, 0) is 72.3 Å². The van der Waals surface area contributed by atoms with Gasteiger partial charge in [-0.2, -0.15) is 0 Å². The van der Waals surface area contributed by atoms with E-state index in [4.69, 9.17) is 27.9 Å². The number of benzene rings is 3. The summed E-state index contributed by atoms with van der Waals surface area (Å²) < 4.78 is 4.74. The molecule has 210 valence electrons. The molecule has 2 N–H and O–H groups in total. The van der Waals surface area contributed by atoms with Crippen molar-refractivity contribution in [2.75, 3.05) is 24.8 Å².